The van der Waals surface area contributed by atoms with Crippen molar-refractivity contribution in [1.29, 1.82) is 0 Å². The number of carbonyl (C=O) groups excluding carboxylic acids is 3. The van der Waals surface area contributed by atoms with Crippen LogP contribution >= 0.6 is 0 Å². The molecule has 0 saturated heterocycles. The quantitative estimate of drug-likeness (QED) is 0.566. The molecule has 1 aliphatic rings. The summed E-state index contributed by atoms with van der Waals surface area (Å²) in [7, 11) is 0. The minimum absolute atomic E-state index is 0.153. The third-order valence-corrected chi connectivity index (χ3v) is 4.86. The number of hydrogen-bond donors (Lipinski definition) is 1. The fraction of sp³-hybridized carbons (Fsp3) is 0.375. The number of benzene rings is 1. The van der Waals surface area contributed by atoms with Crippen molar-refractivity contribution < 1.29 is 19.1 Å². The number of aldehydes is 1. The molecule has 0 amide bonds. The standard InChI is InChI=1S/C24H28N2O4/c1-24(2,3)30-23(29)26-21-11-5-4-10-19(21)20(22(26)12-7-15-27)13-14-25-17-8-6-9-18(28)16-17/h4-5,7,10-12,15-16,25H,6,8-9,13-14H2,1-3H3/b12-7+. The highest BCUT2D eigenvalue weighted by molar-refractivity contribution is 5.97. The van der Waals surface area contributed by atoms with Crippen molar-refractivity contribution in [2.24, 2.45) is 0 Å². The van der Waals surface area contributed by atoms with Gasteiger partial charge in [-0.05, 0) is 63.8 Å². The molecule has 0 atom stereocenters. The Balaban J connectivity index is 1.97. The average molecular weight is 408 g/mol. The van der Waals surface area contributed by atoms with Crippen LogP contribution in [0.15, 0.2) is 42.1 Å². The molecule has 158 valence electrons. The number of nitrogens with zero attached hydrogens (tertiary/aromatic N) is 1. The zero-order valence-electron chi connectivity index (χ0n) is 17.7. The minimum atomic E-state index is -0.643. The van der Waals surface area contributed by atoms with Gasteiger partial charge in [0.2, 0.25) is 0 Å². The monoisotopic (exact) mass is 408 g/mol. The van der Waals surface area contributed by atoms with Crippen molar-refractivity contribution in [3.8, 4) is 0 Å². The van der Waals surface area contributed by atoms with E-state index < -0.39 is 11.7 Å². The van der Waals surface area contributed by atoms with E-state index in [1.165, 1.54) is 10.6 Å². The topological polar surface area (TPSA) is 77.4 Å². The van der Waals surface area contributed by atoms with Gasteiger partial charge >= 0.3 is 6.09 Å². The number of rotatable bonds is 6. The molecule has 1 N–H and O–H groups in total. The lowest BCUT2D eigenvalue weighted by Gasteiger charge is -2.20. The summed E-state index contributed by atoms with van der Waals surface area (Å²) in [4.78, 5) is 35.6. The fourth-order valence-corrected chi connectivity index (χ4v) is 3.68. The number of fused-ring (bicyclic) bond motifs is 1. The van der Waals surface area contributed by atoms with Gasteiger partial charge in [0, 0.05) is 30.1 Å². The summed E-state index contributed by atoms with van der Waals surface area (Å²) in [5.41, 5.74) is 2.62. The SMILES string of the molecule is CC(C)(C)OC(=O)n1c(/C=C/C=O)c(CCNC2=CC(=O)CCC2)c2ccccc21. The normalized spacial score (nSPS) is 14.8. The maximum atomic E-state index is 13.0. The van der Waals surface area contributed by atoms with Crippen molar-refractivity contribution in [3.05, 3.63) is 53.4 Å². The Kier molecular flexibility index (Phi) is 6.55. The van der Waals surface area contributed by atoms with Crippen molar-refractivity contribution in [3.63, 3.8) is 0 Å². The Morgan fingerprint density at radius 1 is 1.23 bits per heavy atom. The van der Waals surface area contributed by atoms with E-state index in [0.29, 0.717) is 31.4 Å². The summed E-state index contributed by atoms with van der Waals surface area (Å²) in [5.74, 6) is 0.153. The summed E-state index contributed by atoms with van der Waals surface area (Å²) in [6, 6.07) is 7.63. The third kappa shape index (κ3) is 5.06. The van der Waals surface area contributed by atoms with Gasteiger partial charge in [-0.1, -0.05) is 18.2 Å². The molecule has 30 heavy (non-hydrogen) atoms. The molecule has 0 radical (unpaired) electrons. The molecule has 0 spiro atoms. The van der Waals surface area contributed by atoms with Crippen LogP contribution in [0.5, 0.6) is 0 Å². The first kappa shape index (κ1) is 21.6. The highest BCUT2D eigenvalue weighted by atomic mass is 16.6. The van der Waals surface area contributed by atoms with Crippen molar-refractivity contribution in [1.82, 2.24) is 9.88 Å². The Bertz CT molecular complexity index is 1020. The van der Waals surface area contributed by atoms with E-state index in [1.54, 1.807) is 12.2 Å². The second-order valence-electron chi connectivity index (χ2n) is 8.36. The maximum Gasteiger partial charge on any atom is 0.419 e. The number of para-hydroxylation sites is 1. The molecule has 6 nitrogen and oxygen atoms in total. The molecule has 0 unspecified atom stereocenters. The van der Waals surface area contributed by atoms with Gasteiger partial charge in [-0.2, -0.15) is 0 Å². The molecule has 1 aromatic carbocycles. The van der Waals surface area contributed by atoms with E-state index in [4.69, 9.17) is 4.74 Å². The molecule has 3 rings (SSSR count). The second kappa shape index (κ2) is 9.11. The number of nitrogens with one attached hydrogen (secondary N) is 1. The van der Waals surface area contributed by atoms with Crippen LogP contribution < -0.4 is 5.32 Å². The fourth-order valence-electron chi connectivity index (χ4n) is 3.68. The predicted octanol–water partition coefficient (Wildman–Crippen LogP) is 4.41. The zero-order valence-corrected chi connectivity index (χ0v) is 17.7. The Hall–Kier alpha value is -3.15. The van der Waals surface area contributed by atoms with Crippen molar-refractivity contribution >= 4 is 35.1 Å². The van der Waals surface area contributed by atoms with Crippen LogP contribution in [0.1, 0.15) is 51.3 Å². The van der Waals surface area contributed by atoms with Crippen molar-refractivity contribution in [2.45, 2.75) is 52.1 Å². The van der Waals surface area contributed by atoms with Gasteiger partial charge in [0.25, 0.3) is 0 Å². The number of allylic oxidation sites excluding steroid dienone is 3. The highest BCUT2D eigenvalue weighted by Gasteiger charge is 2.24. The second-order valence-corrected chi connectivity index (χ2v) is 8.36. The predicted molar refractivity (Wildman–Crippen MR) is 117 cm³/mol. The first-order valence-electron chi connectivity index (χ1n) is 10.2. The molecule has 0 saturated carbocycles. The molecular formula is C24H28N2O4. The van der Waals surface area contributed by atoms with Crippen LogP contribution in [0, 0.1) is 0 Å². The lowest BCUT2D eigenvalue weighted by atomic mass is 10.0. The first-order valence-corrected chi connectivity index (χ1v) is 10.2. The lowest BCUT2D eigenvalue weighted by molar-refractivity contribution is -0.115. The Labute approximate surface area is 176 Å². The third-order valence-electron chi connectivity index (χ3n) is 4.86. The molecule has 0 bridgehead atoms. The van der Waals surface area contributed by atoms with Gasteiger partial charge in [-0.3, -0.25) is 9.59 Å². The summed E-state index contributed by atoms with van der Waals surface area (Å²) in [5, 5.41) is 4.28. The zero-order chi connectivity index (χ0) is 21.7. The first-order chi connectivity index (χ1) is 14.3. The molecule has 6 heteroatoms. The van der Waals surface area contributed by atoms with Crippen LogP contribution in [0.3, 0.4) is 0 Å². The summed E-state index contributed by atoms with van der Waals surface area (Å²) in [6.07, 6.45) is 7.88. The van der Waals surface area contributed by atoms with Crippen LogP contribution in [-0.2, 0) is 20.7 Å². The van der Waals surface area contributed by atoms with Crippen LogP contribution in [0.4, 0.5) is 4.79 Å². The molecule has 1 aliphatic carbocycles. The van der Waals surface area contributed by atoms with E-state index in [2.05, 4.69) is 5.32 Å². The average Bonchev–Trinajstić information content (AvgIpc) is 2.99. The van der Waals surface area contributed by atoms with Crippen LogP contribution in [-0.4, -0.2) is 34.9 Å². The number of ether oxygens (including phenoxy) is 1. The number of aromatic nitrogens is 1. The molecule has 0 fully saturated rings. The van der Waals surface area contributed by atoms with Gasteiger partial charge in [0.15, 0.2) is 5.78 Å². The molecular weight excluding hydrogens is 380 g/mol. The summed E-state index contributed by atoms with van der Waals surface area (Å²) < 4.78 is 7.14. The molecule has 2 aromatic rings. The smallest absolute Gasteiger partial charge is 0.419 e. The Morgan fingerprint density at radius 3 is 2.70 bits per heavy atom. The Morgan fingerprint density at radius 2 is 2.00 bits per heavy atom. The summed E-state index contributed by atoms with van der Waals surface area (Å²) in [6.45, 7) is 6.08. The van der Waals surface area contributed by atoms with Gasteiger partial charge in [0.1, 0.15) is 11.9 Å². The van der Waals surface area contributed by atoms with Gasteiger partial charge in [0.05, 0.1) is 11.2 Å². The van der Waals surface area contributed by atoms with Gasteiger partial charge in [-0.15, -0.1) is 0 Å². The van der Waals surface area contributed by atoms with E-state index in [-0.39, 0.29) is 5.78 Å². The highest BCUT2D eigenvalue weighted by Crippen LogP contribution is 2.29. The molecule has 0 aliphatic heterocycles. The maximum absolute atomic E-state index is 13.0. The van der Waals surface area contributed by atoms with E-state index in [0.717, 1.165) is 35.0 Å². The van der Waals surface area contributed by atoms with Gasteiger partial charge in [-0.25, -0.2) is 9.36 Å². The molecule has 1 heterocycles. The summed E-state index contributed by atoms with van der Waals surface area (Å²) >= 11 is 0. The van der Waals surface area contributed by atoms with Gasteiger partial charge < -0.3 is 10.1 Å². The van der Waals surface area contributed by atoms with E-state index >= 15 is 0 Å². The molecule has 1 aromatic heterocycles. The number of hydrogen-bond acceptors (Lipinski definition) is 5. The van der Waals surface area contributed by atoms with Crippen LogP contribution in [0.25, 0.3) is 17.0 Å². The van der Waals surface area contributed by atoms with Crippen molar-refractivity contribution in [2.75, 3.05) is 6.54 Å². The minimum Gasteiger partial charge on any atom is -0.443 e. The van der Waals surface area contributed by atoms with Crippen LogP contribution in [0.2, 0.25) is 0 Å². The van der Waals surface area contributed by atoms with E-state index in [9.17, 15) is 14.4 Å². The van der Waals surface area contributed by atoms with E-state index in [1.807, 2.05) is 45.0 Å². The largest absolute Gasteiger partial charge is 0.443 e. The lowest BCUT2D eigenvalue weighted by Crippen LogP contribution is -2.27. The number of ketones is 1. The number of carbonyl (C=O) groups is 3.